The first-order valence-electron chi connectivity index (χ1n) is 5.18. The number of rotatable bonds is 4. The molecule has 0 fully saturated rings. The molecule has 0 amide bonds. The fraction of sp³-hybridized carbons (Fsp3) is 0.167. The zero-order chi connectivity index (χ0) is 12.1. The van der Waals surface area contributed by atoms with Crippen molar-refractivity contribution in [2.75, 3.05) is 0 Å². The molecule has 0 radical (unpaired) electrons. The summed E-state index contributed by atoms with van der Waals surface area (Å²) in [6, 6.07) is 11.5. The fourth-order valence-electron chi connectivity index (χ4n) is 1.30. The molecule has 0 saturated heterocycles. The molecular weight excluding hydrogens is 282 g/mol. The van der Waals surface area contributed by atoms with Gasteiger partial charge in [-0.3, -0.25) is 0 Å². The van der Waals surface area contributed by atoms with Crippen molar-refractivity contribution >= 4 is 15.9 Å². The van der Waals surface area contributed by atoms with Gasteiger partial charge in [-0.25, -0.2) is 0 Å². The summed E-state index contributed by atoms with van der Waals surface area (Å²) in [4.78, 5) is 0. The van der Waals surface area contributed by atoms with Crippen LogP contribution in [0.5, 0.6) is 5.88 Å². The van der Waals surface area contributed by atoms with E-state index in [1.807, 2.05) is 30.3 Å². The average molecular weight is 294 g/mol. The van der Waals surface area contributed by atoms with Crippen molar-refractivity contribution in [1.29, 1.82) is 0 Å². The highest BCUT2D eigenvalue weighted by Gasteiger charge is 2.01. The molecule has 0 spiro atoms. The zero-order valence-electron chi connectivity index (χ0n) is 9.14. The molecule has 1 aromatic carbocycles. The van der Waals surface area contributed by atoms with E-state index in [0.717, 1.165) is 15.7 Å². The van der Waals surface area contributed by atoms with Gasteiger partial charge in [0.25, 0.3) is 0 Å². The molecular formula is C12H12BrN3O. The van der Waals surface area contributed by atoms with Crippen molar-refractivity contribution < 1.29 is 4.74 Å². The molecule has 0 bridgehead atoms. The van der Waals surface area contributed by atoms with Crippen molar-refractivity contribution in [3.8, 4) is 5.88 Å². The highest BCUT2D eigenvalue weighted by Crippen LogP contribution is 2.17. The molecule has 0 aliphatic carbocycles. The third-order valence-corrected chi connectivity index (χ3v) is 3.01. The van der Waals surface area contributed by atoms with E-state index < -0.39 is 0 Å². The Morgan fingerprint density at radius 1 is 1.12 bits per heavy atom. The van der Waals surface area contributed by atoms with Gasteiger partial charge in [0.2, 0.25) is 5.88 Å². The van der Waals surface area contributed by atoms with Crippen LogP contribution in [-0.2, 0) is 13.2 Å². The largest absolute Gasteiger partial charge is 0.472 e. The van der Waals surface area contributed by atoms with Gasteiger partial charge in [-0.15, -0.1) is 5.10 Å². The summed E-state index contributed by atoms with van der Waals surface area (Å²) in [5, 5.41) is 7.85. The second-order valence-corrected chi connectivity index (χ2v) is 4.30. The summed E-state index contributed by atoms with van der Waals surface area (Å²) in [6.45, 7) is 0.843. The van der Waals surface area contributed by atoms with Crippen molar-refractivity contribution in [2.24, 2.45) is 5.73 Å². The molecule has 2 N–H and O–H groups in total. The van der Waals surface area contributed by atoms with E-state index in [4.69, 9.17) is 10.5 Å². The summed E-state index contributed by atoms with van der Waals surface area (Å²) in [5.41, 5.74) is 7.25. The number of nitrogens with zero attached hydrogens (tertiary/aromatic N) is 2. The van der Waals surface area contributed by atoms with E-state index in [1.165, 1.54) is 0 Å². The molecule has 0 atom stereocenters. The van der Waals surface area contributed by atoms with Crippen LogP contribution in [0.25, 0.3) is 0 Å². The topological polar surface area (TPSA) is 61.0 Å². The molecule has 0 aliphatic heterocycles. The number of nitrogens with two attached hydrogens (primary N) is 1. The van der Waals surface area contributed by atoms with Gasteiger partial charge < -0.3 is 10.5 Å². The first kappa shape index (κ1) is 12.0. The van der Waals surface area contributed by atoms with E-state index in [1.54, 1.807) is 6.07 Å². The highest BCUT2D eigenvalue weighted by molar-refractivity contribution is 9.10. The van der Waals surface area contributed by atoms with Gasteiger partial charge >= 0.3 is 0 Å². The van der Waals surface area contributed by atoms with E-state index in [0.29, 0.717) is 19.0 Å². The van der Waals surface area contributed by atoms with Crippen LogP contribution in [0.2, 0.25) is 0 Å². The predicted molar refractivity (Wildman–Crippen MR) is 68.4 cm³/mol. The summed E-state index contributed by atoms with van der Waals surface area (Å²) in [7, 11) is 0. The molecule has 0 aliphatic rings. The predicted octanol–water partition coefficient (Wildman–Crippen LogP) is 2.28. The lowest BCUT2D eigenvalue weighted by Gasteiger charge is -2.06. The molecule has 1 heterocycles. The van der Waals surface area contributed by atoms with Gasteiger partial charge in [0.05, 0.1) is 5.69 Å². The Morgan fingerprint density at radius 2 is 1.94 bits per heavy atom. The molecule has 88 valence electrons. The third kappa shape index (κ3) is 3.25. The Morgan fingerprint density at radius 3 is 2.59 bits per heavy atom. The zero-order valence-corrected chi connectivity index (χ0v) is 10.7. The van der Waals surface area contributed by atoms with E-state index >= 15 is 0 Å². The number of hydrogen-bond acceptors (Lipinski definition) is 4. The Hall–Kier alpha value is -1.46. The molecule has 1 aromatic heterocycles. The van der Waals surface area contributed by atoms with Crippen molar-refractivity contribution in [2.45, 2.75) is 13.2 Å². The normalized spacial score (nSPS) is 10.2. The van der Waals surface area contributed by atoms with Crippen LogP contribution in [0, 0.1) is 0 Å². The minimum absolute atomic E-state index is 0.386. The molecule has 2 rings (SSSR count). The number of aromatic nitrogens is 2. The Labute approximate surface area is 108 Å². The van der Waals surface area contributed by atoms with E-state index in [9.17, 15) is 0 Å². The monoisotopic (exact) mass is 293 g/mol. The molecule has 4 nitrogen and oxygen atoms in total. The minimum atomic E-state index is 0.386. The van der Waals surface area contributed by atoms with Gasteiger partial charge in [-0.05, 0) is 12.1 Å². The van der Waals surface area contributed by atoms with Crippen LogP contribution >= 0.6 is 15.9 Å². The van der Waals surface area contributed by atoms with Gasteiger partial charge in [-0.2, -0.15) is 5.10 Å². The molecule has 2 aromatic rings. The number of ether oxygens (including phenoxy) is 1. The van der Waals surface area contributed by atoms with Gasteiger partial charge in [0, 0.05) is 22.6 Å². The smallest absolute Gasteiger partial charge is 0.233 e. The van der Waals surface area contributed by atoms with Crippen LogP contribution in [0.4, 0.5) is 0 Å². The first-order chi connectivity index (χ1) is 8.29. The average Bonchev–Trinajstić information content (AvgIpc) is 2.38. The highest BCUT2D eigenvalue weighted by atomic mass is 79.9. The third-order valence-electron chi connectivity index (χ3n) is 2.24. The van der Waals surface area contributed by atoms with Crippen LogP contribution in [0.3, 0.4) is 0 Å². The second kappa shape index (κ2) is 5.75. The Kier molecular flexibility index (Phi) is 4.06. The van der Waals surface area contributed by atoms with Crippen molar-refractivity contribution in [1.82, 2.24) is 10.2 Å². The summed E-state index contributed by atoms with van der Waals surface area (Å²) in [5.74, 6) is 0.498. The van der Waals surface area contributed by atoms with Crippen LogP contribution < -0.4 is 10.5 Å². The van der Waals surface area contributed by atoms with Crippen LogP contribution in [-0.4, -0.2) is 10.2 Å². The SMILES string of the molecule is NCc1ccc(OCc2ccccc2Br)nn1. The maximum Gasteiger partial charge on any atom is 0.233 e. The lowest BCUT2D eigenvalue weighted by molar-refractivity contribution is 0.289. The van der Waals surface area contributed by atoms with Crippen LogP contribution in [0.15, 0.2) is 40.9 Å². The maximum atomic E-state index is 5.53. The summed E-state index contributed by atoms with van der Waals surface area (Å²) >= 11 is 3.46. The van der Waals surface area contributed by atoms with Gasteiger partial charge in [0.1, 0.15) is 6.61 Å². The second-order valence-electron chi connectivity index (χ2n) is 3.45. The standard InChI is InChI=1S/C12H12BrN3O/c13-11-4-2-1-3-9(11)8-17-12-6-5-10(7-14)15-16-12/h1-6H,7-8,14H2. The van der Waals surface area contributed by atoms with Gasteiger partial charge in [-0.1, -0.05) is 34.1 Å². The summed E-state index contributed by atoms with van der Waals surface area (Å²) < 4.78 is 6.55. The van der Waals surface area contributed by atoms with Gasteiger partial charge in [0.15, 0.2) is 0 Å². The van der Waals surface area contributed by atoms with Crippen molar-refractivity contribution in [3.63, 3.8) is 0 Å². The van der Waals surface area contributed by atoms with E-state index in [-0.39, 0.29) is 0 Å². The van der Waals surface area contributed by atoms with Crippen molar-refractivity contribution in [3.05, 3.63) is 52.1 Å². The quantitative estimate of drug-likeness (QED) is 0.939. The number of halogens is 1. The minimum Gasteiger partial charge on any atom is -0.472 e. The lowest BCUT2D eigenvalue weighted by Crippen LogP contribution is -2.03. The molecule has 5 heteroatoms. The maximum absolute atomic E-state index is 5.53. The van der Waals surface area contributed by atoms with Crippen LogP contribution in [0.1, 0.15) is 11.3 Å². The first-order valence-corrected chi connectivity index (χ1v) is 5.98. The number of hydrogen-bond donors (Lipinski definition) is 1. The number of benzene rings is 1. The Balaban J connectivity index is 2.00. The Bertz CT molecular complexity index is 487. The molecule has 0 unspecified atom stereocenters. The molecule has 0 saturated carbocycles. The van der Waals surface area contributed by atoms with E-state index in [2.05, 4.69) is 26.1 Å². The fourth-order valence-corrected chi connectivity index (χ4v) is 1.70. The lowest BCUT2D eigenvalue weighted by atomic mass is 10.2. The summed E-state index contributed by atoms with van der Waals surface area (Å²) in [6.07, 6.45) is 0. The molecule has 17 heavy (non-hydrogen) atoms.